The van der Waals surface area contributed by atoms with Crippen LogP contribution < -0.4 is 10.6 Å². The molecule has 0 radical (unpaired) electrons. The van der Waals surface area contributed by atoms with E-state index in [0.29, 0.717) is 12.3 Å². The van der Waals surface area contributed by atoms with Gasteiger partial charge in [-0.3, -0.25) is 9.59 Å². The number of benzene rings is 2. The summed E-state index contributed by atoms with van der Waals surface area (Å²) in [4.78, 5) is 36.2. The number of hydrogen-bond donors (Lipinski definition) is 2. The smallest absolute Gasteiger partial charge is 0.338 e. The largest absolute Gasteiger partial charge is 0.462 e. The molecule has 0 atom stereocenters. The molecule has 8 nitrogen and oxygen atoms in total. The van der Waals surface area contributed by atoms with Crippen molar-refractivity contribution in [1.82, 2.24) is 0 Å². The van der Waals surface area contributed by atoms with Gasteiger partial charge in [0, 0.05) is 11.4 Å². The number of carbonyl (C=O) groups excluding carboxylic acids is 3. The molecule has 2 aromatic carbocycles. The summed E-state index contributed by atoms with van der Waals surface area (Å²) < 4.78 is 29.6. The Bertz CT molecular complexity index is 1050. The first-order valence-corrected chi connectivity index (χ1v) is 11.6. The van der Waals surface area contributed by atoms with Crippen LogP contribution in [0.2, 0.25) is 0 Å². The second kappa shape index (κ2) is 11.3. The third-order valence-corrected chi connectivity index (χ3v) is 5.52. The summed E-state index contributed by atoms with van der Waals surface area (Å²) in [6, 6.07) is 13.0. The van der Waals surface area contributed by atoms with Crippen molar-refractivity contribution in [2.24, 2.45) is 0 Å². The van der Waals surface area contributed by atoms with Crippen LogP contribution in [-0.2, 0) is 24.2 Å². The van der Waals surface area contributed by atoms with Crippen molar-refractivity contribution in [3.05, 3.63) is 59.7 Å². The standard InChI is InChI=1S/C22H26N2O6S/c1-3-4-11-30-22(27)17-8-6-10-19(13-17)24-21(26)15-31(28,29)14-20(25)23-18-9-5-7-16(2)12-18/h5-10,12-13H,3-4,11,14-15H2,1-2H3,(H,23,25)(H,24,26). The fourth-order valence-electron chi connectivity index (χ4n) is 2.68. The van der Waals surface area contributed by atoms with Crippen LogP contribution in [0.15, 0.2) is 48.5 Å². The minimum atomic E-state index is -3.99. The highest BCUT2D eigenvalue weighted by molar-refractivity contribution is 7.92. The summed E-state index contributed by atoms with van der Waals surface area (Å²) in [6.07, 6.45) is 1.64. The number of aryl methyl sites for hydroxylation is 1. The molecule has 0 aliphatic rings. The first-order chi connectivity index (χ1) is 14.7. The van der Waals surface area contributed by atoms with Gasteiger partial charge in [-0.2, -0.15) is 0 Å². The van der Waals surface area contributed by atoms with Crippen LogP contribution in [0.1, 0.15) is 35.7 Å². The Morgan fingerprint density at radius 3 is 2.06 bits per heavy atom. The van der Waals surface area contributed by atoms with Gasteiger partial charge in [0.1, 0.15) is 11.5 Å². The quantitative estimate of drug-likeness (QED) is 0.428. The van der Waals surface area contributed by atoms with Crippen LogP contribution in [0.3, 0.4) is 0 Å². The van der Waals surface area contributed by atoms with Gasteiger partial charge in [-0.15, -0.1) is 0 Å². The van der Waals surface area contributed by atoms with Crippen LogP contribution in [0.25, 0.3) is 0 Å². The zero-order chi connectivity index (χ0) is 22.9. The monoisotopic (exact) mass is 446 g/mol. The maximum atomic E-state index is 12.2. The van der Waals surface area contributed by atoms with Crippen molar-refractivity contribution < 1.29 is 27.5 Å². The zero-order valence-corrected chi connectivity index (χ0v) is 18.3. The van der Waals surface area contributed by atoms with Crippen molar-refractivity contribution in [2.45, 2.75) is 26.7 Å². The molecule has 0 bridgehead atoms. The van der Waals surface area contributed by atoms with Gasteiger partial charge in [0.05, 0.1) is 12.2 Å². The average molecular weight is 447 g/mol. The fraction of sp³-hybridized carbons (Fsp3) is 0.318. The van der Waals surface area contributed by atoms with Crippen LogP contribution in [0.5, 0.6) is 0 Å². The van der Waals surface area contributed by atoms with E-state index in [4.69, 9.17) is 4.74 Å². The van der Waals surface area contributed by atoms with E-state index in [1.165, 1.54) is 18.2 Å². The normalized spacial score (nSPS) is 10.9. The van der Waals surface area contributed by atoms with Gasteiger partial charge in [0.25, 0.3) is 0 Å². The van der Waals surface area contributed by atoms with E-state index in [1.54, 1.807) is 24.3 Å². The lowest BCUT2D eigenvalue weighted by atomic mass is 10.2. The molecule has 0 saturated carbocycles. The molecule has 2 N–H and O–H groups in total. The molecular formula is C22H26N2O6S. The predicted octanol–water partition coefficient (Wildman–Crippen LogP) is 2.94. The van der Waals surface area contributed by atoms with Crippen molar-refractivity contribution >= 4 is 39.0 Å². The van der Waals surface area contributed by atoms with Gasteiger partial charge >= 0.3 is 5.97 Å². The molecule has 0 aliphatic heterocycles. The summed E-state index contributed by atoms with van der Waals surface area (Å²) in [5.41, 5.74) is 1.90. The summed E-state index contributed by atoms with van der Waals surface area (Å²) in [5, 5.41) is 4.93. The summed E-state index contributed by atoms with van der Waals surface area (Å²) >= 11 is 0. The number of rotatable bonds is 10. The highest BCUT2D eigenvalue weighted by Gasteiger charge is 2.21. The molecule has 9 heteroatoms. The van der Waals surface area contributed by atoms with E-state index >= 15 is 0 Å². The van der Waals surface area contributed by atoms with E-state index in [0.717, 1.165) is 18.4 Å². The molecule has 0 heterocycles. The Labute approximate surface area is 181 Å². The van der Waals surface area contributed by atoms with Gasteiger partial charge in [-0.25, -0.2) is 13.2 Å². The Hall–Kier alpha value is -3.20. The zero-order valence-electron chi connectivity index (χ0n) is 17.5. The first kappa shape index (κ1) is 24.1. The highest BCUT2D eigenvalue weighted by Crippen LogP contribution is 2.13. The molecule has 0 aliphatic carbocycles. The van der Waals surface area contributed by atoms with E-state index < -0.39 is 39.1 Å². The lowest BCUT2D eigenvalue weighted by Gasteiger charge is -2.09. The summed E-state index contributed by atoms with van der Waals surface area (Å²) in [7, 11) is -3.99. The second-order valence-corrected chi connectivity index (χ2v) is 9.13. The molecule has 0 unspecified atom stereocenters. The maximum Gasteiger partial charge on any atom is 0.338 e. The number of unbranched alkanes of at least 4 members (excludes halogenated alkanes) is 1. The lowest BCUT2D eigenvalue weighted by molar-refractivity contribution is -0.114. The topological polar surface area (TPSA) is 119 Å². The van der Waals surface area contributed by atoms with Gasteiger partial charge in [-0.1, -0.05) is 31.5 Å². The van der Waals surface area contributed by atoms with Gasteiger partial charge < -0.3 is 15.4 Å². The van der Waals surface area contributed by atoms with Gasteiger partial charge in [0.2, 0.25) is 11.8 Å². The minimum Gasteiger partial charge on any atom is -0.462 e. The van der Waals surface area contributed by atoms with Gasteiger partial charge in [0.15, 0.2) is 9.84 Å². The molecule has 0 fully saturated rings. The third-order valence-electron chi connectivity index (χ3n) is 4.12. The van der Waals surface area contributed by atoms with Crippen LogP contribution in [0.4, 0.5) is 11.4 Å². The number of esters is 1. The van der Waals surface area contributed by atoms with Crippen molar-refractivity contribution in [3.8, 4) is 0 Å². The number of sulfone groups is 1. The van der Waals surface area contributed by atoms with E-state index in [-0.39, 0.29) is 11.3 Å². The number of anilines is 2. The van der Waals surface area contributed by atoms with E-state index in [2.05, 4.69) is 10.6 Å². The minimum absolute atomic E-state index is 0.245. The molecule has 0 saturated heterocycles. The average Bonchev–Trinajstić information content (AvgIpc) is 2.67. The molecule has 31 heavy (non-hydrogen) atoms. The first-order valence-electron chi connectivity index (χ1n) is 9.82. The number of nitrogens with one attached hydrogen (secondary N) is 2. The van der Waals surface area contributed by atoms with Crippen molar-refractivity contribution in [1.29, 1.82) is 0 Å². The molecule has 2 amide bonds. The van der Waals surface area contributed by atoms with E-state index in [9.17, 15) is 22.8 Å². The Balaban J connectivity index is 1.91. The second-order valence-electron chi connectivity index (χ2n) is 7.07. The predicted molar refractivity (Wildman–Crippen MR) is 119 cm³/mol. The number of ether oxygens (including phenoxy) is 1. The number of carbonyl (C=O) groups is 3. The number of amides is 2. The fourth-order valence-corrected chi connectivity index (χ4v) is 3.73. The number of hydrogen-bond acceptors (Lipinski definition) is 6. The van der Waals surface area contributed by atoms with E-state index in [1.807, 2.05) is 19.9 Å². The molecule has 166 valence electrons. The summed E-state index contributed by atoms with van der Waals surface area (Å²) in [6.45, 7) is 4.12. The van der Waals surface area contributed by atoms with Gasteiger partial charge in [-0.05, 0) is 49.2 Å². The molecule has 0 spiro atoms. The van der Waals surface area contributed by atoms with Crippen molar-refractivity contribution in [3.63, 3.8) is 0 Å². The SMILES string of the molecule is CCCCOC(=O)c1cccc(NC(=O)CS(=O)(=O)CC(=O)Nc2cccc(C)c2)c1. The Kier molecular flexibility index (Phi) is 8.75. The molecular weight excluding hydrogens is 420 g/mol. The van der Waals surface area contributed by atoms with Crippen LogP contribution in [-0.4, -0.2) is 44.3 Å². The maximum absolute atomic E-state index is 12.2. The molecule has 2 aromatic rings. The Morgan fingerprint density at radius 1 is 0.903 bits per heavy atom. The third kappa shape index (κ3) is 8.59. The highest BCUT2D eigenvalue weighted by atomic mass is 32.2. The van der Waals surface area contributed by atoms with Crippen LogP contribution in [0, 0.1) is 6.92 Å². The Morgan fingerprint density at radius 2 is 1.48 bits per heavy atom. The summed E-state index contributed by atoms with van der Waals surface area (Å²) in [5.74, 6) is -3.74. The van der Waals surface area contributed by atoms with Crippen LogP contribution >= 0.6 is 0 Å². The molecule has 0 aromatic heterocycles. The van der Waals surface area contributed by atoms with Crippen molar-refractivity contribution in [2.75, 3.05) is 28.7 Å². The lowest BCUT2D eigenvalue weighted by Crippen LogP contribution is -2.30. The molecule has 2 rings (SSSR count).